The molecule has 4 unspecified atom stereocenters. The molecule has 5 aliphatic rings. The molecule has 4 aromatic rings. The van der Waals surface area contributed by atoms with E-state index in [0.29, 0.717) is 36.4 Å². The minimum atomic E-state index is -2.73. The maximum atomic E-state index is 15.1. The standard InChI is InChI=1S/C68H85N7O17Si/c1-14-27-89-64(81)71-57(40(3)4)59(77)69-41(5)58(76)70-45-21-17-42(18-22-45)38-91-65(82)74-49-34-55(53(85-10)32-47(49)61(79)73-39-68(25-26-68)36-52(73)62(74)80)87-29-16-30-88-56-35-50-48(33-54(56)86-11)60(78)72-37-44(43-19-23-46(84-9)24-20-43)31-51(72)63(75(50)66(83)90-28-15-2)92-93(12,13)67(6,7)8/h14-15,17-24,32-35,37,40-41,51-52,57,62-63,80H,1-2,16,25-31,36,38-39H2,3-13H3,(H,69,77)(H,70,76)(H,71,81)/t41?,51-,52-,57?,62?,63?/m0/s1. The Labute approximate surface area is 543 Å². The number of rotatable bonds is 24. The molecule has 0 aromatic heterocycles. The van der Waals surface area contributed by atoms with Crippen LogP contribution in [0.3, 0.4) is 0 Å². The SMILES string of the molecule is C=CCOC(=O)NC(C(=O)NC(C)C(=O)Nc1ccc(COC(=O)N2c3cc(OCCCOc4cc5c(cc4OC)C(=O)N4C=C(c6ccc(OC)cc6)C[C@H]4C(O[Si](C)(C)C(C)(C)C)N5C(=O)OCC=C)c(OC)cc3C(=O)N3CC4(CC4)C[C@H]3C2O)cc1)C(C)C. The monoisotopic (exact) mass is 1300 g/mol. The molecule has 7 amide bonds. The van der Waals surface area contributed by atoms with E-state index in [9.17, 15) is 33.9 Å². The third-order valence-electron chi connectivity index (χ3n) is 17.9. The summed E-state index contributed by atoms with van der Waals surface area (Å²) < 4.78 is 53.8. The van der Waals surface area contributed by atoms with Gasteiger partial charge in [-0.05, 0) is 115 Å². The number of methoxy groups -OCH3 is 3. The molecule has 4 heterocycles. The van der Waals surface area contributed by atoms with Crippen molar-refractivity contribution in [2.45, 2.75) is 135 Å². The van der Waals surface area contributed by atoms with Gasteiger partial charge in [-0.3, -0.25) is 19.2 Å². The molecule has 24 nitrogen and oxygen atoms in total. The second kappa shape index (κ2) is 28.4. The molecule has 1 saturated carbocycles. The number of aliphatic hydroxyl groups is 1. The van der Waals surface area contributed by atoms with Crippen molar-refractivity contribution in [3.8, 4) is 28.7 Å². The third-order valence-corrected chi connectivity index (χ3v) is 22.4. The molecule has 1 aliphatic carbocycles. The van der Waals surface area contributed by atoms with Gasteiger partial charge < -0.3 is 73.2 Å². The average Bonchev–Trinajstić information content (AvgIpc) is 1.59. The molecule has 4 aromatic carbocycles. The van der Waals surface area contributed by atoms with E-state index in [4.69, 9.17) is 42.3 Å². The van der Waals surface area contributed by atoms with Crippen molar-refractivity contribution in [3.05, 3.63) is 127 Å². The molecular weight excluding hydrogens is 1210 g/mol. The molecule has 1 saturated heterocycles. The van der Waals surface area contributed by atoms with Gasteiger partial charge in [0.2, 0.25) is 11.8 Å². The summed E-state index contributed by atoms with van der Waals surface area (Å²) in [5.41, 5.74) is 2.94. The fourth-order valence-electron chi connectivity index (χ4n) is 11.5. The molecule has 0 bridgehead atoms. The Kier molecular flexibility index (Phi) is 20.9. The van der Waals surface area contributed by atoms with E-state index in [2.05, 4.69) is 63.0 Å². The zero-order chi connectivity index (χ0) is 67.3. The van der Waals surface area contributed by atoms with Crippen LogP contribution < -0.4 is 49.4 Å². The topological polar surface area (TPSA) is 272 Å². The third kappa shape index (κ3) is 14.9. The number of benzene rings is 4. The number of carbonyl (C=O) groups is 7. The fourth-order valence-corrected chi connectivity index (χ4v) is 12.7. The van der Waals surface area contributed by atoms with Gasteiger partial charge in [0, 0.05) is 37.0 Å². The Morgan fingerprint density at radius 1 is 0.731 bits per heavy atom. The van der Waals surface area contributed by atoms with E-state index in [-0.39, 0.29) is 101 Å². The molecule has 93 heavy (non-hydrogen) atoms. The lowest BCUT2D eigenvalue weighted by Gasteiger charge is -2.44. The van der Waals surface area contributed by atoms with Crippen molar-refractivity contribution >= 4 is 72.9 Å². The molecule has 4 aliphatic heterocycles. The average molecular weight is 1300 g/mol. The molecule has 25 heteroatoms. The molecule has 498 valence electrons. The second-order valence-corrected chi connectivity index (χ2v) is 30.4. The molecule has 0 radical (unpaired) electrons. The Morgan fingerprint density at radius 2 is 1.32 bits per heavy atom. The van der Waals surface area contributed by atoms with E-state index < -0.39 is 86.8 Å². The number of ether oxygens (including phenoxy) is 8. The first-order valence-corrected chi connectivity index (χ1v) is 34.0. The first-order chi connectivity index (χ1) is 44.3. The van der Waals surface area contributed by atoms with Crippen LogP contribution in [0.5, 0.6) is 28.7 Å². The summed E-state index contributed by atoms with van der Waals surface area (Å²) in [5.74, 6) is -0.799. The first kappa shape index (κ1) is 68.3. The van der Waals surface area contributed by atoms with Crippen LogP contribution in [0.1, 0.15) is 105 Å². The number of anilines is 3. The van der Waals surface area contributed by atoms with Gasteiger partial charge in [0.25, 0.3) is 11.8 Å². The Bertz CT molecular complexity index is 3530. The maximum Gasteiger partial charge on any atom is 0.416 e. The minimum absolute atomic E-state index is 0.00975. The molecule has 2 fully saturated rings. The van der Waals surface area contributed by atoms with Gasteiger partial charge in [-0.15, -0.1) is 0 Å². The number of hydrogen-bond acceptors (Lipinski definition) is 17. The predicted molar refractivity (Wildman–Crippen MR) is 349 cm³/mol. The van der Waals surface area contributed by atoms with Crippen LogP contribution >= 0.6 is 0 Å². The van der Waals surface area contributed by atoms with Crippen molar-refractivity contribution in [2.24, 2.45) is 11.3 Å². The van der Waals surface area contributed by atoms with Crippen LogP contribution in [-0.4, -0.2) is 156 Å². The molecule has 9 rings (SSSR count). The highest BCUT2D eigenvalue weighted by atomic mass is 28.4. The summed E-state index contributed by atoms with van der Waals surface area (Å²) in [5, 5.41) is 19.8. The smallest absolute Gasteiger partial charge is 0.416 e. The number of fused-ring (bicyclic) bond motifs is 4. The van der Waals surface area contributed by atoms with Gasteiger partial charge in [-0.25, -0.2) is 24.2 Å². The van der Waals surface area contributed by atoms with Crippen molar-refractivity contribution in [3.63, 3.8) is 0 Å². The number of aliphatic hydroxyl groups excluding tert-OH is 1. The highest BCUT2D eigenvalue weighted by Crippen LogP contribution is 2.57. The maximum absolute atomic E-state index is 15.1. The minimum Gasteiger partial charge on any atom is -0.497 e. The van der Waals surface area contributed by atoms with Crippen molar-refractivity contribution in [2.75, 3.05) is 69.4 Å². The van der Waals surface area contributed by atoms with Gasteiger partial charge in [0.1, 0.15) is 37.7 Å². The van der Waals surface area contributed by atoms with Crippen molar-refractivity contribution in [1.82, 2.24) is 20.4 Å². The van der Waals surface area contributed by atoms with Crippen LogP contribution in [-0.2, 0) is 34.8 Å². The van der Waals surface area contributed by atoms with Gasteiger partial charge >= 0.3 is 18.3 Å². The predicted octanol–water partition coefficient (Wildman–Crippen LogP) is 10.2. The van der Waals surface area contributed by atoms with Gasteiger partial charge in [0.05, 0.1) is 69.1 Å². The van der Waals surface area contributed by atoms with E-state index in [1.165, 1.54) is 50.3 Å². The summed E-state index contributed by atoms with van der Waals surface area (Å²) >= 11 is 0. The molecule has 1 spiro atoms. The fraction of sp³-hybridized carbons (Fsp3) is 0.456. The zero-order valence-corrected chi connectivity index (χ0v) is 55.7. The number of hydrogen-bond donors (Lipinski definition) is 4. The van der Waals surface area contributed by atoms with Gasteiger partial charge in [-0.1, -0.05) is 84.2 Å². The van der Waals surface area contributed by atoms with Crippen LogP contribution in [0, 0.1) is 11.3 Å². The quantitative estimate of drug-likeness (QED) is 0.0220. The van der Waals surface area contributed by atoms with E-state index in [1.54, 1.807) is 67.2 Å². The lowest BCUT2D eigenvalue weighted by molar-refractivity contribution is -0.128. The lowest BCUT2D eigenvalue weighted by Crippen LogP contribution is -2.57. The number of carbonyl (C=O) groups excluding carboxylic acids is 7. The van der Waals surface area contributed by atoms with E-state index in [0.717, 1.165) is 28.9 Å². The normalized spacial score (nSPS) is 19.3. The first-order valence-electron chi connectivity index (χ1n) is 31.1. The summed E-state index contributed by atoms with van der Waals surface area (Å²) in [4.78, 5) is 103. The second-order valence-electron chi connectivity index (χ2n) is 25.7. The van der Waals surface area contributed by atoms with Crippen LogP contribution in [0.2, 0.25) is 18.1 Å². The lowest BCUT2D eigenvalue weighted by atomic mass is 10.0. The number of nitrogens with one attached hydrogen (secondary N) is 3. The van der Waals surface area contributed by atoms with Crippen LogP contribution in [0.15, 0.2) is 104 Å². The number of nitrogens with zero attached hydrogens (tertiary/aromatic N) is 4. The van der Waals surface area contributed by atoms with Gasteiger partial charge in [-0.2, -0.15) is 0 Å². The summed E-state index contributed by atoms with van der Waals surface area (Å²) in [7, 11) is 1.74. The summed E-state index contributed by atoms with van der Waals surface area (Å²) in [6.07, 6.45) is 2.45. The number of alkyl carbamates (subject to hydrolysis) is 1. The van der Waals surface area contributed by atoms with Crippen LogP contribution in [0.4, 0.5) is 31.4 Å². The summed E-state index contributed by atoms with van der Waals surface area (Å²) in [6, 6.07) is 16.7. The highest BCUT2D eigenvalue weighted by Gasteiger charge is 2.58. The molecule has 6 atom stereocenters. The highest BCUT2D eigenvalue weighted by molar-refractivity contribution is 6.74. The van der Waals surface area contributed by atoms with Gasteiger partial charge in [0.15, 0.2) is 43.8 Å². The van der Waals surface area contributed by atoms with Crippen LogP contribution in [0.25, 0.3) is 5.57 Å². The molecular formula is C68H85N7O17Si. The zero-order valence-electron chi connectivity index (χ0n) is 54.7. The molecule has 4 N–H and O–H groups in total. The Morgan fingerprint density at radius 3 is 1.89 bits per heavy atom. The summed E-state index contributed by atoms with van der Waals surface area (Å²) in [6.45, 7) is 22.7. The van der Waals surface area contributed by atoms with E-state index >= 15 is 4.79 Å². The largest absolute Gasteiger partial charge is 0.497 e. The van der Waals surface area contributed by atoms with Crippen molar-refractivity contribution < 1.29 is 81.0 Å². The Hall–Kier alpha value is -9.07. The van der Waals surface area contributed by atoms with E-state index in [1.807, 2.05) is 30.5 Å². The van der Waals surface area contributed by atoms with Crippen molar-refractivity contribution in [1.29, 1.82) is 0 Å². The number of amides is 7. The Balaban J connectivity index is 0.917.